The van der Waals surface area contributed by atoms with Gasteiger partial charge in [-0.05, 0) is 58.7 Å². The summed E-state index contributed by atoms with van der Waals surface area (Å²) in [6.07, 6.45) is 0. The lowest BCUT2D eigenvalue weighted by Gasteiger charge is -2.11. The van der Waals surface area contributed by atoms with Gasteiger partial charge in [0, 0.05) is 25.3 Å². The van der Waals surface area contributed by atoms with Gasteiger partial charge in [-0.1, -0.05) is 33.6 Å². The molecule has 0 saturated carbocycles. The summed E-state index contributed by atoms with van der Waals surface area (Å²) in [5, 5.41) is 8.87. The number of rotatable bonds is 6. The van der Waals surface area contributed by atoms with Crippen LogP contribution in [-0.2, 0) is 9.59 Å². The van der Waals surface area contributed by atoms with E-state index in [1.54, 1.807) is 18.2 Å². The van der Waals surface area contributed by atoms with Gasteiger partial charge in [-0.3, -0.25) is 9.59 Å². The Morgan fingerprint density at radius 1 is 1.04 bits per heavy atom. The normalized spacial score (nSPS) is 10.2. The van der Waals surface area contributed by atoms with Gasteiger partial charge in [0.25, 0.3) is 0 Å². The molecule has 2 aromatic rings. The third-order valence-corrected chi connectivity index (χ3v) is 4.92. The second-order valence-corrected chi connectivity index (χ2v) is 7.39. The molecule has 3 N–H and O–H groups in total. The molecule has 2 aromatic carbocycles. The Morgan fingerprint density at radius 3 is 2.52 bits per heavy atom. The van der Waals surface area contributed by atoms with E-state index in [0.29, 0.717) is 10.7 Å². The molecule has 0 saturated heterocycles. The van der Waals surface area contributed by atoms with Crippen LogP contribution in [0, 0.1) is 6.92 Å². The fraction of sp³-hybridized carbons (Fsp3) is 0.176. The van der Waals surface area contributed by atoms with Crippen molar-refractivity contribution in [2.75, 3.05) is 23.7 Å². The van der Waals surface area contributed by atoms with E-state index in [1.807, 2.05) is 25.1 Å². The SMILES string of the molecule is Cc1c(Cl)cccc1NC(=O)CNC(=O)CNc1ccc(Br)cc1Br. The highest BCUT2D eigenvalue weighted by Crippen LogP contribution is 2.26. The number of carbonyl (C=O) groups is 2. The summed E-state index contributed by atoms with van der Waals surface area (Å²) in [5.74, 6) is -0.601. The summed E-state index contributed by atoms with van der Waals surface area (Å²) in [5.41, 5.74) is 2.20. The van der Waals surface area contributed by atoms with Crippen molar-refractivity contribution in [3.05, 3.63) is 55.9 Å². The quantitative estimate of drug-likeness (QED) is 0.566. The zero-order chi connectivity index (χ0) is 18.4. The number of carbonyl (C=O) groups excluding carboxylic acids is 2. The van der Waals surface area contributed by atoms with Crippen LogP contribution in [0.2, 0.25) is 5.02 Å². The fourth-order valence-corrected chi connectivity index (χ4v) is 3.35. The van der Waals surface area contributed by atoms with Gasteiger partial charge in [0.05, 0.1) is 13.1 Å². The molecule has 0 bridgehead atoms. The van der Waals surface area contributed by atoms with Crippen molar-refractivity contribution in [3.63, 3.8) is 0 Å². The largest absolute Gasteiger partial charge is 0.375 e. The highest BCUT2D eigenvalue weighted by molar-refractivity contribution is 9.11. The zero-order valence-corrected chi connectivity index (χ0v) is 17.3. The predicted molar refractivity (Wildman–Crippen MR) is 108 cm³/mol. The van der Waals surface area contributed by atoms with Crippen molar-refractivity contribution in [2.24, 2.45) is 0 Å². The van der Waals surface area contributed by atoms with Gasteiger partial charge in [0.2, 0.25) is 11.8 Å². The second kappa shape index (κ2) is 9.22. The van der Waals surface area contributed by atoms with Gasteiger partial charge >= 0.3 is 0 Å². The summed E-state index contributed by atoms with van der Waals surface area (Å²) in [6, 6.07) is 10.8. The van der Waals surface area contributed by atoms with Gasteiger partial charge in [-0.15, -0.1) is 0 Å². The molecule has 2 amide bonds. The number of hydrogen-bond donors (Lipinski definition) is 3. The first kappa shape index (κ1) is 19.8. The molecule has 0 aliphatic rings. The number of halogens is 3. The van der Waals surface area contributed by atoms with Crippen LogP contribution in [0.4, 0.5) is 11.4 Å². The lowest BCUT2D eigenvalue weighted by Crippen LogP contribution is -2.36. The molecule has 0 spiro atoms. The highest BCUT2D eigenvalue weighted by atomic mass is 79.9. The van der Waals surface area contributed by atoms with Crippen LogP contribution in [0.5, 0.6) is 0 Å². The molecule has 0 unspecified atom stereocenters. The van der Waals surface area contributed by atoms with Crippen LogP contribution in [0.15, 0.2) is 45.3 Å². The lowest BCUT2D eigenvalue weighted by atomic mass is 10.2. The van der Waals surface area contributed by atoms with E-state index in [9.17, 15) is 9.59 Å². The maximum Gasteiger partial charge on any atom is 0.243 e. The van der Waals surface area contributed by atoms with Crippen LogP contribution in [0.1, 0.15) is 5.56 Å². The van der Waals surface area contributed by atoms with Crippen molar-refractivity contribution in [2.45, 2.75) is 6.92 Å². The van der Waals surface area contributed by atoms with Crippen LogP contribution in [-0.4, -0.2) is 24.9 Å². The topological polar surface area (TPSA) is 70.2 Å². The van der Waals surface area contributed by atoms with Crippen LogP contribution >= 0.6 is 43.5 Å². The minimum absolute atomic E-state index is 0.0592. The molecule has 8 heteroatoms. The summed E-state index contributed by atoms with van der Waals surface area (Å²) in [6.45, 7) is 1.76. The predicted octanol–water partition coefficient (Wildman–Crippen LogP) is 4.34. The standard InChI is InChI=1S/C17H16Br2ClN3O2/c1-10-13(20)3-2-4-14(10)23-17(25)9-22-16(24)8-21-15-6-5-11(18)7-12(15)19/h2-7,21H,8-9H2,1H3,(H,22,24)(H,23,25). The smallest absolute Gasteiger partial charge is 0.243 e. The summed E-state index contributed by atoms with van der Waals surface area (Å²) < 4.78 is 1.77. The molecule has 5 nitrogen and oxygen atoms in total. The van der Waals surface area contributed by atoms with Crippen molar-refractivity contribution in [1.82, 2.24) is 5.32 Å². The van der Waals surface area contributed by atoms with Gasteiger partial charge in [-0.2, -0.15) is 0 Å². The Bertz CT molecular complexity index is 799. The van der Waals surface area contributed by atoms with E-state index in [2.05, 4.69) is 47.8 Å². The number of hydrogen-bond acceptors (Lipinski definition) is 3. The average Bonchev–Trinajstić information content (AvgIpc) is 2.56. The number of anilines is 2. The van der Waals surface area contributed by atoms with E-state index in [0.717, 1.165) is 20.2 Å². The third kappa shape index (κ3) is 6.02. The highest BCUT2D eigenvalue weighted by Gasteiger charge is 2.09. The van der Waals surface area contributed by atoms with Crippen molar-refractivity contribution < 1.29 is 9.59 Å². The Hall–Kier alpha value is -1.57. The maximum absolute atomic E-state index is 11.9. The molecule has 0 fully saturated rings. The molecule has 132 valence electrons. The molecular weight excluding hydrogens is 473 g/mol. The molecule has 25 heavy (non-hydrogen) atoms. The molecule has 0 aliphatic heterocycles. The second-order valence-electron chi connectivity index (χ2n) is 5.22. The fourth-order valence-electron chi connectivity index (χ4n) is 1.99. The van der Waals surface area contributed by atoms with Gasteiger partial charge in [0.1, 0.15) is 0 Å². The van der Waals surface area contributed by atoms with E-state index in [1.165, 1.54) is 0 Å². The molecule has 0 radical (unpaired) electrons. The van der Waals surface area contributed by atoms with Crippen molar-refractivity contribution in [3.8, 4) is 0 Å². The van der Waals surface area contributed by atoms with Crippen molar-refractivity contribution >= 4 is 66.6 Å². The minimum Gasteiger partial charge on any atom is -0.375 e. The Kier molecular flexibility index (Phi) is 7.28. The third-order valence-electron chi connectivity index (χ3n) is 3.36. The Labute approximate surface area is 167 Å². The molecular formula is C17H16Br2ClN3O2. The number of nitrogens with one attached hydrogen (secondary N) is 3. The summed E-state index contributed by atoms with van der Waals surface area (Å²) in [4.78, 5) is 23.8. The number of benzene rings is 2. The minimum atomic E-state index is -0.316. The number of amides is 2. The molecule has 0 heterocycles. The van der Waals surface area contributed by atoms with E-state index in [4.69, 9.17) is 11.6 Å². The van der Waals surface area contributed by atoms with Crippen LogP contribution < -0.4 is 16.0 Å². The molecule has 0 aromatic heterocycles. The zero-order valence-electron chi connectivity index (χ0n) is 13.3. The van der Waals surface area contributed by atoms with Crippen LogP contribution in [0.25, 0.3) is 0 Å². The van der Waals surface area contributed by atoms with Gasteiger partial charge in [-0.25, -0.2) is 0 Å². The monoisotopic (exact) mass is 487 g/mol. The first-order valence-corrected chi connectivity index (χ1v) is 9.34. The molecule has 0 aliphatic carbocycles. The van der Waals surface area contributed by atoms with Crippen LogP contribution in [0.3, 0.4) is 0 Å². The average molecular weight is 490 g/mol. The Morgan fingerprint density at radius 2 is 1.80 bits per heavy atom. The summed E-state index contributed by atoms with van der Waals surface area (Å²) in [7, 11) is 0. The lowest BCUT2D eigenvalue weighted by molar-refractivity contribution is -0.122. The first-order chi connectivity index (χ1) is 11.9. The Balaban J connectivity index is 1.79. The van der Waals surface area contributed by atoms with Gasteiger partial charge in [0.15, 0.2) is 0 Å². The summed E-state index contributed by atoms with van der Waals surface area (Å²) >= 11 is 12.8. The van der Waals surface area contributed by atoms with Crippen molar-refractivity contribution in [1.29, 1.82) is 0 Å². The molecule has 2 rings (SSSR count). The first-order valence-electron chi connectivity index (χ1n) is 7.37. The van der Waals surface area contributed by atoms with E-state index in [-0.39, 0.29) is 24.9 Å². The maximum atomic E-state index is 11.9. The van der Waals surface area contributed by atoms with Gasteiger partial charge < -0.3 is 16.0 Å². The van der Waals surface area contributed by atoms with E-state index >= 15 is 0 Å². The van der Waals surface area contributed by atoms with E-state index < -0.39 is 0 Å². The molecule has 0 atom stereocenters.